The van der Waals surface area contributed by atoms with Crippen molar-refractivity contribution in [2.24, 2.45) is 0 Å². The molecule has 0 radical (unpaired) electrons. The smallest absolute Gasteiger partial charge is 0.382 e. The molecule has 7 nitrogen and oxygen atoms in total. The largest absolute Gasteiger partial charge is 0.416 e. The summed E-state index contributed by atoms with van der Waals surface area (Å²) in [4.78, 5) is 16.2. The van der Waals surface area contributed by atoms with Crippen LogP contribution in [0.4, 0.5) is 43.9 Å². The van der Waals surface area contributed by atoms with Crippen molar-refractivity contribution in [1.29, 1.82) is 0 Å². The summed E-state index contributed by atoms with van der Waals surface area (Å²) in [5.74, 6) is -1.72. The van der Waals surface area contributed by atoms with Crippen molar-refractivity contribution in [3.63, 3.8) is 0 Å². The number of carbonyl (C=O) groups excluding carboxylic acids is 1. The molecule has 2 aromatic heterocycles. The first kappa shape index (κ1) is 24.4. The van der Waals surface area contributed by atoms with Gasteiger partial charge in [0.15, 0.2) is 5.82 Å². The monoisotopic (exact) mass is 554 g/mol. The van der Waals surface area contributed by atoms with Gasteiger partial charge in [-0.15, -0.1) is 0 Å². The van der Waals surface area contributed by atoms with E-state index in [-0.39, 0.29) is 11.5 Å². The molecule has 0 spiro atoms. The third-order valence-electron chi connectivity index (χ3n) is 5.08. The zero-order valence-electron chi connectivity index (χ0n) is 17.6. The molecule has 0 atom stereocenters. The van der Waals surface area contributed by atoms with Crippen molar-refractivity contribution in [2.45, 2.75) is 12.6 Å². The molecule has 2 amide bonds. The topological polar surface area (TPSA) is 97.3 Å². The van der Waals surface area contributed by atoms with E-state index in [0.29, 0.717) is 46.6 Å². The fraction of sp³-hybridized carbons (Fsp3) is 0.136. The van der Waals surface area contributed by atoms with Crippen LogP contribution in [0.25, 0.3) is 16.6 Å². The number of carbonyl (C=O) groups is 1. The highest BCUT2D eigenvalue weighted by Gasteiger charge is 2.31. The SMILES string of the molecule is Nc1ncnn2c(CCBr)cc(-c3ccc(NC(=O)Nc4cc(C(F)(F)F)ccc4F)c(F)c3)c12. The molecule has 0 fully saturated rings. The number of nitrogen functional groups attached to an aromatic ring is 1. The summed E-state index contributed by atoms with van der Waals surface area (Å²) in [6, 6.07) is 6.18. The summed E-state index contributed by atoms with van der Waals surface area (Å²) in [6.07, 6.45) is -2.80. The minimum atomic E-state index is -4.73. The molecule has 0 aliphatic rings. The number of rotatable bonds is 5. The molecule has 4 rings (SSSR count). The van der Waals surface area contributed by atoms with Crippen LogP contribution in [-0.2, 0) is 12.6 Å². The van der Waals surface area contributed by atoms with Crippen molar-refractivity contribution < 1.29 is 26.7 Å². The fourth-order valence-electron chi connectivity index (χ4n) is 3.49. The van der Waals surface area contributed by atoms with E-state index in [1.165, 1.54) is 18.5 Å². The second kappa shape index (κ2) is 9.49. The summed E-state index contributed by atoms with van der Waals surface area (Å²) in [5.41, 5.74) is 6.19. The molecule has 2 aromatic carbocycles. The van der Waals surface area contributed by atoms with Crippen molar-refractivity contribution in [3.05, 3.63) is 71.7 Å². The molecule has 182 valence electrons. The van der Waals surface area contributed by atoms with Gasteiger partial charge in [-0.1, -0.05) is 22.0 Å². The molecular weight excluding hydrogens is 539 g/mol. The highest BCUT2D eigenvalue weighted by molar-refractivity contribution is 9.09. The van der Waals surface area contributed by atoms with Crippen molar-refractivity contribution in [1.82, 2.24) is 14.6 Å². The predicted molar refractivity (Wildman–Crippen MR) is 124 cm³/mol. The molecular formula is C22H16BrF5N6O. The maximum atomic E-state index is 14.8. The number of hydrogen-bond acceptors (Lipinski definition) is 4. The number of nitrogens with one attached hydrogen (secondary N) is 2. The van der Waals surface area contributed by atoms with Crippen molar-refractivity contribution in [3.8, 4) is 11.1 Å². The lowest BCUT2D eigenvalue weighted by atomic mass is 10.1. The fourth-order valence-corrected chi connectivity index (χ4v) is 3.89. The van der Waals surface area contributed by atoms with E-state index in [1.54, 1.807) is 10.6 Å². The number of amides is 2. The van der Waals surface area contributed by atoms with Gasteiger partial charge in [0, 0.05) is 16.6 Å². The molecule has 4 aromatic rings. The number of alkyl halides is 4. The Labute approximate surface area is 203 Å². The number of aryl methyl sites for hydroxylation is 1. The number of aromatic nitrogens is 3. The van der Waals surface area contributed by atoms with E-state index < -0.39 is 35.1 Å². The summed E-state index contributed by atoms with van der Waals surface area (Å²) in [5, 5.41) is 8.98. The first-order chi connectivity index (χ1) is 16.6. The van der Waals surface area contributed by atoms with Gasteiger partial charge in [-0.2, -0.15) is 18.3 Å². The molecule has 0 saturated carbocycles. The van der Waals surface area contributed by atoms with Gasteiger partial charge in [-0.3, -0.25) is 0 Å². The molecule has 0 bridgehead atoms. The zero-order valence-corrected chi connectivity index (χ0v) is 19.2. The van der Waals surface area contributed by atoms with Crippen LogP contribution in [0.15, 0.2) is 48.8 Å². The Kier molecular flexibility index (Phi) is 6.61. The Morgan fingerprint density at radius 2 is 1.77 bits per heavy atom. The lowest BCUT2D eigenvalue weighted by Gasteiger charge is -2.12. The normalized spacial score (nSPS) is 11.6. The quantitative estimate of drug-likeness (QED) is 0.213. The zero-order chi connectivity index (χ0) is 25.3. The third-order valence-corrected chi connectivity index (χ3v) is 5.47. The first-order valence-corrected chi connectivity index (χ1v) is 11.1. The van der Waals surface area contributed by atoms with Gasteiger partial charge in [-0.05, 0) is 48.4 Å². The number of anilines is 3. The number of urea groups is 1. The standard InChI is InChI=1S/C22H16BrF5N6O/c23-6-5-13-9-14(19-20(29)30-10-31-34(13)19)11-1-4-17(16(25)7-11)32-21(35)33-18-8-12(22(26,27)28)2-3-15(18)24/h1-4,7-10H,5-6H2,(H2,29,30,31)(H2,32,33,35). The number of benzene rings is 2. The molecule has 2 heterocycles. The lowest BCUT2D eigenvalue weighted by Crippen LogP contribution is -2.21. The molecule has 13 heteroatoms. The highest BCUT2D eigenvalue weighted by atomic mass is 79.9. The number of nitrogens with two attached hydrogens (primary N) is 1. The van der Waals surface area contributed by atoms with Crippen LogP contribution in [0.5, 0.6) is 0 Å². The van der Waals surface area contributed by atoms with Crippen LogP contribution in [0, 0.1) is 11.6 Å². The van der Waals surface area contributed by atoms with Crippen molar-refractivity contribution in [2.75, 3.05) is 21.7 Å². The van der Waals surface area contributed by atoms with Gasteiger partial charge < -0.3 is 16.4 Å². The summed E-state index contributed by atoms with van der Waals surface area (Å²) < 4.78 is 68.9. The molecule has 0 aliphatic heterocycles. The van der Waals surface area contributed by atoms with Crippen LogP contribution >= 0.6 is 15.9 Å². The van der Waals surface area contributed by atoms with E-state index in [0.717, 1.165) is 11.8 Å². The Bertz CT molecular complexity index is 1420. The van der Waals surface area contributed by atoms with Crippen LogP contribution in [0.3, 0.4) is 0 Å². The Balaban J connectivity index is 1.59. The van der Waals surface area contributed by atoms with Crippen LogP contribution in [0.2, 0.25) is 0 Å². The number of nitrogens with zero attached hydrogens (tertiary/aromatic N) is 3. The lowest BCUT2D eigenvalue weighted by molar-refractivity contribution is -0.137. The van der Waals surface area contributed by atoms with Crippen LogP contribution < -0.4 is 16.4 Å². The molecule has 0 unspecified atom stereocenters. The van der Waals surface area contributed by atoms with Crippen LogP contribution in [0.1, 0.15) is 11.3 Å². The van der Waals surface area contributed by atoms with E-state index in [9.17, 15) is 26.7 Å². The van der Waals surface area contributed by atoms with E-state index in [2.05, 4.69) is 31.3 Å². The number of fused-ring (bicyclic) bond motifs is 1. The van der Waals surface area contributed by atoms with Gasteiger partial charge in [-0.25, -0.2) is 23.1 Å². The van der Waals surface area contributed by atoms with Gasteiger partial charge in [0.25, 0.3) is 0 Å². The summed E-state index contributed by atoms with van der Waals surface area (Å²) in [6.45, 7) is 0. The number of halogens is 6. The van der Waals surface area contributed by atoms with Gasteiger partial charge >= 0.3 is 12.2 Å². The summed E-state index contributed by atoms with van der Waals surface area (Å²) in [7, 11) is 0. The Hall–Kier alpha value is -3.74. The molecule has 0 aliphatic carbocycles. The second-order valence-corrected chi connectivity index (χ2v) is 8.15. The van der Waals surface area contributed by atoms with Gasteiger partial charge in [0.1, 0.15) is 23.5 Å². The van der Waals surface area contributed by atoms with Crippen molar-refractivity contribution >= 4 is 44.7 Å². The predicted octanol–water partition coefficient (Wildman–Crippen LogP) is 5.86. The highest BCUT2D eigenvalue weighted by Crippen LogP contribution is 2.33. The first-order valence-electron chi connectivity index (χ1n) is 10.00. The average molecular weight is 555 g/mol. The average Bonchev–Trinajstić information content (AvgIpc) is 3.16. The Morgan fingerprint density at radius 1 is 1.03 bits per heavy atom. The summed E-state index contributed by atoms with van der Waals surface area (Å²) >= 11 is 3.37. The molecule has 4 N–H and O–H groups in total. The third kappa shape index (κ3) is 5.04. The van der Waals surface area contributed by atoms with Crippen LogP contribution in [-0.4, -0.2) is 26.0 Å². The van der Waals surface area contributed by atoms with E-state index >= 15 is 0 Å². The maximum absolute atomic E-state index is 14.8. The number of hydrogen-bond donors (Lipinski definition) is 3. The van der Waals surface area contributed by atoms with E-state index in [4.69, 9.17) is 5.73 Å². The van der Waals surface area contributed by atoms with E-state index in [1.807, 2.05) is 5.32 Å². The Morgan fingerprint density at radius 3 is 2.46 bits per heavy atom. The minimum Gasteiger partial charge on any atom is -0.382 e. The maximum Gasteiger partial charge on any atom is 0.416 e. The van der Waals surface area contributed by atoms with Gasteiger partial charge in [0.2, 0.25) is 0 Å². The molecule has 35 heavy (non-hydrogen) atoms. The minimum absolute atomic E-state index is 0.195. The van der Waals surface area contributed by atoms with Gasteiger partial charge in [0.05, 0.1) is 16.9 Å². The molecule has 0 saturated heterocycles. The second-order valence-electron chi connectivity index (χ2n) is 7.36.